The van der Waals surface area contributed by atoms with Crippen LogP contribution in [-0.4, -0.2) is 0 Å². The lowest BCUT2D eigenvalue weighted by molar-refractivity contribution is 0.836. The fraction of sp³-hybridized carbons (Fsp3) is 0.462. The van der Waals surface area contributed by atoms with Crippen molar-refractivity contribution in [2.45, 2.75) is 79.1 Å². The van der Waals surface area contributed by atoms with Gasteiger partial charge in [0.1, 0.15) is 10.3 Å². The van der Waals surface area contributed by atoms with Gasteiger partial charge in [0.2, 0.25) is 0 Å². The van der Waals surface area contributed by atoms with Crippen molar-refractivity contribution in [3.05, 3.63) is 69.0 Å². The highest BCUT2D eigenvalue weighted by Gasteiger charge is 2.18. The second-order valence-corrected chi connectivity index (χ2v) is 9.88. The Morgan fingerprint density at radius 1 is 0.533 bits per heavy atom. The summed E-state index contributed by atoms with van der Waals surface area (Å²) in [6.07, 6.45) is 0. The Balaban J connectivity index is 2.48. The first-order valence-electron chi connectivity index (χ1n) is 10.9. The van der Waals surface area contributed by atoms with Crippen LogP contribution in [0.2, 0.25) is 0 Å². The molecule has 0 saturated carbocycles. The fourth-order valence-corrected chi connectivity index (χ4v) is 4.00. The zero-order valence-corrected chi connectivity index (χ0v) is 21.0. The molecule has 2 rings (SSSR count). The van der Waals surface area contributed by atoms with Gasteiger partial charge in [0, 0.05) is 11.4 Å². The number of hydrogen-bond acceptors (Lipinski definition) is 2. The van der Waals surface area contributed by atoms with Crippen LogP contribution in [0.4, 0.5) is 11.4 Å². The van der Waals surface area contributed by atoms with E-state index in [0.29, 0.717) is 34.0 Å². The van der Waals surface area contributed by atoms with E-state index in [1.807, 2.05) is 0 Å². The van der Waals surface area contributed by atoms with Gasteiger partial charge >= 0.3 is 0 Å². The van der Waals surface area contributed by atoms with Crippen LogP contribution in [0.5, 0.6) is 0 Å². The molecule has 2 aromatic carbocycles. The van der Waals surface area contributed by atoms with Crippen LogP contribution in [0.3, 0.4) is 0 Å². The molecule has 0 aliphatic rings. The summed E-state index contributed by atoms with van der Waals surface area (Å²) in [5, 5.41) is 7.63. The van der Waals surface area contributed by atoms with Gasteiger partial charge in [0.25, 0.3) is 0 Å². The Bertz CT molecular complexity index is 770. The first kappa shape index (κ1) is 24.6. The normalized spacial score (nSPS) is 12.7. The second kappa shape index (κ2) is 10.6. The lowest BCUT2D eigenvalue weighted by Gasteiger charge is -2.23. The standard InChI is InChI=1S/C26H36Cl2N2/c1-15(2)19-11-9-12-20(16(3)4)23(19)29-25(27)26(28)30-24-21(17(5)6)13-10-14-22(24)18(7)8/h9-18,29-30H,1-8H3/b26-25-. The number of halogens is 2. The van der Waals surface area contributed by atoms with Gasteiger partial charge in [0.05, 0.1) is 0 Å². The van der Waals surface area contributed by atoms with Crippen LogP contribution < -0.4 is 10.6 Å². The summed E-state index contributed by atoms with van der Waals surface area (Å²) >= 11 is 13.4. The summed E-state index contributed by atoms with van der Waals surface area (Å²) in [5.41, 5.74) is 7.02. The quantitative estimate of drug-likeness (QED) is 0.394. The largest absolute Gasteiger partial charge is 0.343 e. The average molecular weight is 447 g/mol. The summed E-state index contributed by atoms with van der Waals surface area (Å²) in [6, 6.07) is 12.8. The molecule has 0 unspecified atom stereocenters. The highest BCUT2D eigenvalue weighted by molar-refractivity contribution is 6.40. The molecular formula is C26H36Cl2N2. The molecule has 0 amide bonds. The monoisotopic (exact) mass is 446 g/mol. The summed E-state index contributed by atoms with van der Waals surface area (Å²) in [7, 11) is 0. The molecule has 0 spiro atoms. The third-order valence-electron chi connectivity index (χ3n) is 5.41. The first-order valence-corrected chi connectivity index (χ1v) is 11.6. The molecule has 4 heteroatoms. The molecule has 0 bridgehead atoms. The van der Waals surface area contributed by atoms with Gasteiger partial charge in [-0.05, 0) is 45.9 Å². The summed E-state index contributed by atoms with van der Waals surface area (Å²) in [5.74, 6) is 1.49. The molecular weight excluding hydrogens is 411 g/mol. The van der Waals surface area contributed by atoms with E-state index in [0.717, 1.165) is 11.4 Å². The first-order chi connectivity index (χ1) is 14.0. The van der Waals surface area contributed by atoms with Crippen molar-refractivity contribution in [2.75, 3.05) is 10.6 Å². The van der Waals surface area contributed by atoms with Gasteiger partial charge in [-0.2, -0.15) is 0 Å². The lowest BCUT2D eigenvalue weighted by Crippen LogP contribution is -2.10. The van der Waals surface area contributed by atoms with Crippen molar-refractivity contribution in [1.82, 2.24) is 0 Å². The lowest BCUT2D eigenvalue weighted by atomic mass is 9.92. The van der Waals surface area contributed by atoms with Gasteiger partial charge in [-0.1, -0.05) is 115 Å². The predicted octanol–water partition coefficient (Wildman–Crippen LogP) is 9.31. The maximum Gasteiger partial charge on any atom is 0.142 e. The molecule has 164 valence electrons. The molecule has 0 heterocycles. The van der Waals surface area contributed by atoms with E-state index in [1.165, 1.54) is 22.3 Å². The zero-order chi connectivity index (χ0) is 22.6. The van der Waals surface area contributed by atoms with Crippen molar-refractivity contribution in [1.29, 1.82) is 0 Å². The van der Waals surface area contributed by atoms with Crippen LogP contribution in [0.15, 0.2) is 46.7 Å². The zero-order valence-electron chi connectivity index (χ0n) is 19.5. The molecule has 2 nitrogen and oxygen atoms in total. The number of benzene rings is 2. The molecule has 0 atom stereocenters. The molecule has 0 aliphatic carbocycles. The summed E-state index contributed by atoms with van der Waals surface area (Å²) in [6.45, 7) is 17.5. The SMILES string of the molecule is CC(C)c1cccc(C(C)C)c1N/C(Cl)=C(/Cl)Nc1c(C(C)C)cccc1C(C)C. The van der Waals surface area contributed by atoms with Crippen molar-refractivity contribution >= 4 is 34.6 Å². The smallest absolute Gasteiger partial charge is 0.142 e. The fourth-order valence-electron chi connectivity index (χ4n) is 3.72. The molecule has 0 saturated heterocycles. The molecule has 0 aromatic heterocycles. The van der Waals surface area contributed by atoms with Crippen LogP contribution in [0.1, 0.15) is 101 Å². The Labute approximate surface area is 193 Å². The predicted molar refractivity (Wildman–Crippen MR) is 135 cm³/mol. The van der Waals surface area contributed by atoms with Crippen molar-refractivity contribution in [2.24, 2.45) is 0 Å². The number of para-hydroxylation sites is 2. The second-order valence-electron chi connectivity index (χ2n) is 9.12. The third-order valence-corrected chi connectivity index (χ3v) is 6.07. The molecule has 2 aromatic rings. The van der Waals surface area contributed by atoms with Gasteiger partial charge < -0.3 is 10.6 Å². The Hall–Kier alpha value is -1.64. The van der Waals surface area contributed by atoms with Crippen LogP contribution in [0.25, 0.3) is 0 Å². The number of anilines is 2. The highest BCUT2D eigenvalue weighted by atomic mass is 35.5. The number of nitrogens with one attached hydrogen (secondary N) is 2. The maximum atomic E-state index is 6.71. The highest BCUT2D eigenvalue weighted by Crippen LogP contribution is 2.37. The topological polar surface area (TPSA) is 24.1 Å². The van der Waals surface area contributed by atoms with E-state index in [-0.39, 0.29) is 0 Å². The minimum absolute atomic E-state index is 0.372. The van der Waals surface area contributed by atoms with E-state index >= 15 is 0 Å². The molecule has 0 radical (unpaired) electrons. The van der Waals surface area contributed by atoms with E-state index in [2.05, 4.69) is 102 Å². The molecule has 0 fully saturated rings. The molecule has 30 heavy (non-hydrogen) atoms. The van der Waals surface area contributed by atoms with Gasteiger partial charge in [-0.25, -0.2) is 0 Å². The Kier molecular flexibility index (Phi) is 8.70. The van der Waals surface area contributed by atoms with Crippen molar-refractivity contribution in [3.8, 4) is 0 Å². The molecule has 2 N–H and O–H groups in total. The van der Waals surface area contributed by atoms with Crippen molar-refractivity contribution in [3.63, 3.8) is 0 Å². The van der Waals surface area contributed by atoms with E-state index in [9.17, 15) is 0 Å². The van der Waals surface area contributed by atoms with Gasteiger partial charge in [0.15, 0.2) is 0 Å². The van der Waals surface area contributed by atoms with Crippen LogP contribution in [-0.2, 0) is 0 Å². The summed E-state index contributed by atoms with van der Waals surface area (Å²) < 4.78 is 0. The number of rotatable bonds is 8. The Morgan fingerprint density at radius 2 is 0.767 bits per heavy atom. The minimum atomic E-state index is 0.372. The maximum absolute atomic E-state index is 6.71. The Morgan fingerprint density at radius 3 is 0.967 bits per heavy atom. The van der Waals surface area contributed by atoms with Gasteiger partial charge in [-0.15, -0.1) is 0 Å². The van der Waals surface area contributed by atoms with Gasteiger partial charge in [-0.3, -0.25) is 0 Å². The average Bonchev–Trinajstić information content (AvgIpc) is 2.67. The van der Waals surface area contributed by atoms with E-state index in [1.54, 1.807) is 0 Å². The van der Waals surface area contributed by atoms with Crippen molar-refractivity contribution < 1.29 is 0 Å². The number of hydrogen-bond donors (Lipinski definition) is 2. The third kappa shape index (κ3) is 5.74. The van der Waals surface area contributed by atoms with E-state index in [4.69, 9.17) is 23.2 Å². The van der Waals surface area contributed by atoms with Crippen LogP contribution >= 0.6 is 23.2 Å². The summed E-state index contributed by atoms with van der Waals surface area (Å²) in [4.78, 5) is 0. The molecule has 0 aliphatic heterocycles. The minimum Gasteiger partial charge on any atom is -0.343 e. The van der Waals surface area contributed by atoms with Crippen LogP contribution in [0, 0.1) is 0 Å². The van der Waals surface area contributed by atoms with E-state index < -0.39 is 0 Å².